The SMILES string of the molecule is Cn1cc(OCCn2cc(CNC3CC3)nn2)cn1. The van der Waals surface area contributed by atoms with Crippen molar-refractivity contribution in [2.45, 2.75) is 32.0 Å². The topological polar surface area (TPSA) is 69.8 Å². The van der Waals surface area contributed by atoms with Crippen LogP contribution in [0.3, 0.4) is 0 Å². The van der Waals surface area contributed by atoms with E-state index in [9.17, 15) is 0 Å². The molecule has 2 aromatic rings. The van der Waals surface area contributed by atoms with Crippen molar-refractivity contribution in [3.8, 4) is 5.75 Å². The summed E-state index contributed by atoms with van der Waals surface area (Å²) in [6.45, 7) is 2.05. The lowest BCUT2D eigenvalue weighted by Crippen LogP contribution is -2.15. The summed E-state index contributed by atoms with van der Waals surface area (Å²) in [5.74, 6) is 0.776. The first-order chi connectivity index (χ1) is 9.29. The Morgan fingerprint density at radius 1 is 1.42 bits per heavy atom. The fraction of sp³-hybridized carbons (Fsp3) is 0.583. The van der Waals surface area contributed by atoms with Crippen molar-refractivity contribution >= 4 is 0 Å². The molecule has 0 saturated heterocycles. The Morgan fingerprint density at radius 2 is 2.32 bits per heavy atom. The quantitative estimate of drug-likeness (QED) is 0.779. The van der Waals surface area contributed by atoms with E-state index in [1.807, 2.05) is 19.4 Å². The van der Waals surface area contributed by atoms with Gasteiger partial charge in [0.25, 0.3) is 0 Å². The van der Waals surface area contributed by atoms with Crippen LogP contribution in [0.1, 0.15) is 18.5 Å². The normalized spacial score (nSPS) is 14.8. The number of hydrogen-bond acceptors (Lipinski definition) is 5. The molecule has 0 radical (unpaired) electrons. The molecule has 2 aromatic heterocycles. The highest BCUT2D eigenvalue weighted by Gasteiger charge is 2.20. The molecular weight excluding hydrogens is 244 g/mol. The van der Waals surface area contributed by atoms with Crippen LogP contribution in [0.2, 0.25) is 0 Å². The number of aryl methyl sites for hydroxylation is 1. The molecule has 7 heteroatoms. The lowest BCUT2D eigenvalue weighted by molar-refractivity contribution is 0.289. The first-order valence-electron chi connectivity index (χ1n) is 6.53. The van der Waals surface area contributed by atoms with Gasteiger partial charge in [-0.1, -0.05) is 5.21 Å². The van der Waals surface area contributed by atoms with Crippen LogP contribution < -0.4 is 10.1 Å². The van der Waals surface area contributed by atoms with Crippen LogP contribution in [-0.4, -0.2) is 37.4 Å². The summed E-state index contributed by atoms with van der Waals surface area (Å²) in [6.07, 6.45) is 8.07. The molecule has 0 aromatic carbocycles. The third kappa shape index (κ3) is 3.54. The fourth-order valence-corrected chi connectivity index (χ4v) is 1.80. The van der Waals surface area contributed by atoms with Gasteiger partial charge in [-0.25, -0.2) is 4.68 Å². The van der Waals surface area contributed by atoms with Gasteiger partial charge in [0, 0.05) is 25.8 Å². The minimum atomic E-state index is 0.560. The van der Waals surface area contributed by atoms with Crippen LogP contribution in [-0.2, 0) is 20.1 Å². The Labute approximate surface area is 111 Å². The Morgan fingerprint density at radius 3 is 3.05 bits per heavy atom. The Hall–Kier alpha value is -1.89. The average molecular weight is 262 g/mol. The second-order valence-corrected chi connectivity index (χ2v) is 4.83. The van der Waals surface area contributed by atoms with Gasteiger partial charge in [-0.05, 0) is 12.8 Å². The van der Waals surface area contributed by atoms with Crippen molar-refractivity contribution in [3.05, 3.63) is 24.3 Å². The van der Waals surface area contributed by atoms with Crippen LogP contribution in [0.4, 0.5) is 0 Å². The van der Waals surface area contributed by atoms with Crippen molar-refractivity contribution in [2.75, 3.05) is 6.61 Å². The molecule has 0 unspecified atom stereocenters. The van der Waals surface area contributed by atoms with Gasteiger partial charge in [0.1, 0.15) is 6.61 Å². The molecule has 0 aliphatic heterocycles. The van der Waals surface area contributed by atoms with E-state index < -0.39 is 0 Å². The van der Waals surface area contributed by atoms with E-state index in [4.69, 9.17) is 4.74 Å². The van der Waals surface area contributed by atoms with Gasteiger partial charge < -0.3 is 10.1 Å². The van der Waals surface area contributed by atoms with Gasteiger partial charge in [0.05, 0.1) is 24.6 Å². The molecule has 19 heavy (non-hydrogen) atoms. The summed E-state index contributed by atoms with van der Waals surface area (Å²) in [5, 5.41) is 15.7. The molecule has 0 bridgehead atoms. The smallest absolute Gasteiger partial charge is 0.157 e. The lowest BCUT2D eigenvalue weighted by atomic mass is 10.4. The molecule has 3 rings (SSSR count). The summed E-state index contributed by atoms with van der Waals surface area (Å²) in [6, 6.07) is 0.694. The number of rotatable bonds is 7. The van der Waals surface area contributed by atoms with E-state index in [1.54, 1.807) is 15.6 Å². The van der Waals surface area contributed by atoms with Gasteiger partial charge in [-0.15, -0.1) is 5.10 Å². The van der Waals surface area contributed by atoms with Gasteiger partial charge in [-0.2, -0.15) is 5.10 Å². The lowest BCUT2D eigenvalue weighted by Gasteiger charge is -2.02. The van der Waals surface area contributed by atoms with Crippen LogP contribution in [0.25, 0.3) is 0 Å². The van der Waals surface area contributed by atoms with Crippen molar-refractivity contribution in [1.82, 2.24) is 30.1 Å². The molecular formula is C12H18N6O. The number of nitrogens with one attached hydrogen (secondary N) is 1. The maximum Gasteiger partial charge on any atom is 0.157 e. The highest BCUT2D eigenvalue weighted by molar-refractivity contribution is 5.11. The highest BCUT2D eigenvalue weighted by Crippen LogP contribution is 2.18. The van der Waals surface area contributed by atoms with Crippen LogP contribution in [0.15, 0.2) is 18.6 Å². The first kappa shape index (κ1) is 12.2. The van der Waals surface area contributed by atoms with Crippen molar-refractivity contribution in [2.24, 2.45) is 7.05 Å². The third-order valence-corrected chi connectivity index (χ3v) is 3.01. The van der Waals surface area contributed by atoms with Crippen molar-refractivity contribution in [1.29, 1.82) is 0 Å². The zero-order valence-electron chi connectivity index (χ0n) is 11.0. The van der Waals surface area contributed by atoms with Gasteiger partial charge in [-0.3, -0.25) is 4.68 Å². The van der Waals surface area contributed by atoms with E-state index in [-0.39, 0.29) is 0 Å². The van der Waals surface area contributed by atoms with Gasteiger partial charge >= 0.3 is 0 Å². The van der Waals surface area contributed by atoms with Gasteiger partial charge in [0.15, 0.2) is 5.75 Å². The van der Waals surface area contributed by atoms with Crippen LogP contribution in [0, 0.1) is 0 Å². The minimum absolute atomic E-state index is 0.560. The summed E-state index contributed by atoms with van der Waals surface area (Å²) in [5.41, 5.74) is 0.980. The molecule has 1 aliphatic rings. The number of aromatic nitrogens is 5. The van der Waals surface area contributed by atoms with Crippen LogP contribution >= 0.6 is 0 Å². The average Bonchev–Trinajstić information content (AvgIpc) is 2.97. The van der Waals surface area contributed by atoms with Crippen molar-refractivity contribution in [3.63, 3.8) is 0 Å². The molecule has 0 spiro atoms. The standard InChI is InChI=1S/C12H18N6O/c1-17-9-12(7-14-17)19-5-4-18-8-11(15-16-18)6-13-10-2-3-10/h7-10,13H,2-6H2,1H3. The Kier molecular flexibility index (Phi) is 3.45. The zero-order chi connectivity index (χ0) is 13.1. The second-order valence-electron chi connectivity index (χ2n) is 4.83. The molecule has 102 valence electrons. The zero-order valence-corrected chi connectivity index (χ0v) is 11.0. The van der Waals surface area contributed by atoms with Crippen LogP contribution in [0.5, 0.6) is 5.75 Å². The molecule has 0 atom stereocenters. The van der Waals surface area contributed by atoms with E-state index in [1.165, 1.54) is 12.8 Å². The minimum Gasteiger partial charge on any atom is -0.488 e. The Balaban J connectivity index is 1.41. The molecule has 1 N–H and O–H groups in total. The summed E-state index contributed by atoms with van der Waals surface area (Å²) < 4.78 is 9.08. The molecule has 1 fully saturated rings. The number of hydrogen-bond donors (Lipinski definition) is 1. The fourth-order valence-electron chi connectivity index (χ4n) is 1.80. The van der Waals surface area contributed by atoms with Gasteiger partial charge in [0.2, 0.25) is 0 Å². The first-order valence-corrected chi connectivity index (χ1v) is 6.53. The highest BCUT2D eigenvalue weighted by atomic mass is 16.5. The van der Waals surface area contributed by atoms with E-state index in [2.05, 4.69) is 20.7 Å². The van der Waals surface area contributed by atoms with E-state index in [0.29, 0.717) is 19.2 Å². The Bertz CT molecular complexity index is 530. The molecule has 2 heterocycles. The largest absolute Gasteiger partial charge is 0.488 e. The molecule has 1 aliphatic carbocycles. The third-order valence-electron chi connectivity index (χ3n) is 3.01. The molecule has 0 amide bonds. The summed E-state index contributed by atoms with van der Waals surface area (Å²) in [4.78, 5) is 0. The molecule has 7 nitrogen and oxygen atoms in total. The summed E-state index contributed by atoms with van der Waals surface area (Å²) in [7, 11) is 1.86. The monoisotopic (exact) mass is 262 g/mol. The maximum atomic E-state index is 5.56. The van der Waals surface area contributed by atoms with Crippen molar-refractivity contribution < 1.29 is 4.74 Å². The number of ether oxygens (including phenoxy) is 1. The predicted octanol–water partition coefficient (Wildman–Crippen LogP) is 0.343. The molecule has 1 saturated carbocycles. The number of nitrogens with zero attached hydrogens (tertiary/aromatic N) is 5. The van der Waals surface area contributed by atoms with E-state index in [0.717, 1.165) is 18.0 Å². The second kappa shape index (κ2) is 5.40. The maximum absolute atomic E-state index is 5.56. The predicted molar refractivity (Wildman–Crippen MR) is 68.6 cm³/mol. The van der Waals surface area contributed by atoms with E-state index >= 15 is 0 Å². The summed E-state index contributed by atoms with van der Waals surface area (Å²) >= 11 is 0.